The van der Waals surface area contributed by atoms with Gasteiger partial charge in [-0.15, -0.1) is 35.3 Å². The molecular formula is C21H40IN5OS. The zero-order valence-corrected chi connectivity index (χ0v) is 22.0. The SMILES string of the molecule is CN=C(NCCN(C(C)C)C(C)C)NCC(c1ccc(C)s1)N1CCOCC1.I. The summed E-state index contributed by atoms with van der Waals surface area (Å²) < 4.78 is 5.55. The number of halogens is 1. The smallest absolute Gasteiger partial charge is 0.191 e. The van der Waals surface area contributed by atoms with Crippen LogP contribution in [0.25, 0.3) is 0 Å². The predicted molar refractivity (Wildman–Crippen MR) is 136 cm³/mol. The van der Waals surface area contributed by atoms with Crippen LogP contribution in [0.4, 0.5) is 0 Å². The third kappa shape index (κ3) is 8.69. The Hall–Kier alpha value is -0.420. The van der Waals surface area contributed by atoms with Crippen LogP contribution in [0.5, 0.6) is 0 Å². The van der Waals surface area contributed by atoms with E-state index in [1.54, 1.807) is 0 Å². The molecule has 6 nitrogen and oxygen atoms in total. The van der Waals surface area contributed by atoms with E-state index >= 15 is 0 Å². The van der Waals surface area contributed by atoms with Gasteiger partial charge in [0.15, 0.2) is 5.96 Å². The van der Waals surface area contributed by atoms with Gasteiger partial charge < -0.3 is 15.4 Å². The minimum Gasteiger partial charge on any atom is -0.379 e. The van der Waals surface area contributed by atoms with Crippen LogP contribution in [-0.2, 0) is 4.74 Å². The van der Waals surface area contributed by atoms with Gasteiger partial charge in [-0.25, -0.2) is 0 Å². The Kier molecular flexibility index (Phi) is 12.7. The van der Waals surface area contributed by atoms with Gasteiger partial charge >= 0.3 is 0 Å². The highest BCUT2D eigenvalue weighted by Crippen LogP contribution is 2.27. The molecule has 1 aromatic heterocycles. The summed E-state index contributed by atoms with van der Waals surface area (Å²) in [6.07, 6.45) is 0. The Bertz CT molecular complexity index is 594. The molecular weight excluding hydrogens is 497 g/mol. The fourth-order valence-electron chi connectivity index (χ4n) is 3.76. The molecule has 1 saturated heterocycles. The Labute approximate surface area is 198 Å². The predicted octanol–water partition coefficient (Wildman–Crippen LogP) is 3.33. The molecule has 2 rings (SSSR count). The molecule has 8 heteroatoms. The summed E-state index contributed by atoms with van der Waals surface area (Å²) in [4.78, 5) is 12.2. The lowest BCUT2D eigenvalue weighted by molar-refractivity contribution is 0.0177. The van der Waals surface area contributed by atoms with Crippen molar-refractivity contribution in [1.82, 2.24) is 20.4 Å². The molecule has 29 heavy (non-hydrogen) atoms. The van der Waals surface area contributed by atoms with E-state index in [2.05, 4.69) is 72.2 Å². The largest absolute Gasteiger partial charge is 0.379 e. The van der Waals surface area contributed by atoms with Gasteiger partial charge in [0.1, 0.15) is 0 Å². The number of morpholine rings is 1. The lowest BCUT2D eigenvalue weighted by Gasteiger charge is -2.34. The van der Waals surface area contributed by atoms with Crippen molar-refractivity contribution in [2.45, 2.75) is 52.7 Å². The van der Waals surface area contributed by atoms with Crippen LogP contribution in [0.3, 0.4) is 0 Å². The third-order valence-electron chi connectivity index (χ3n) is 5.25. The van der Waals surface area contributed by atoms with Gasteiger partial charge in [-0.2, -0.15) is 0 Å². The molecule has 0 aromatic carbocycles. The number of hydrogen-bond donors (Lipinski definition) is 2. The molecule has 1 aromatic rings. The number of aliphatic imine (C=N–C) groups is 1. The summed E-state index contributed by atoms with van der Waals surface area (Å²) in [5.74, 6) is 0.874. The first-order valence-electron chi connectivity index (χ1n) is 10.5. The van der Waals surface area contributed by atoms with Crippen LogP contribution in [0, 0.1) is 6.92 Å². The van der Waals surface area contributed by atoms with E-state index in [0.29, 0.717) is 18.1 Å². The number of nitrogens with zero attached hydrogens (tertiary/aromatic N) is 3. The second-order valence-corrected chi connectivity index (χ2v) is 9.24. The number of nitrogens with one attached hydrogen (secondary N) is 2. The van der Waals surface area contributed by atoms with Crippen molar-refractivity contribution in [3.05, 3.63) is 21.9 Å². The number of ether oxygens (including phenoxy) is 1. The normalized spacial score (nSPS) is 16.9. The van der Waals surface area contributed by atoms with Crippen molar-refractivity contribution >= 4 is 41.3 Å². The number of rotatable bonds is 9. The van der Waals surface area contributed by atoms with Crippen molar-refractivity contribution in [1.29, 1.82) is 0 Å². The average molecular weight is 538 g/mol. The summed E-state index contributed by atoms with van der Waals surface area (Å²) >= 11 is 1.89. The maximum Gasteiger partial charge on any atom is 0.191 e. The third-order valence-corrected chi connectivity index (χ3v) is 6.35. The summed E-state index contributed by atoms with van der Waals surface area (Å²) in [6, 6.07) is 5.92. The Balaban J connectivity index is 0.00000420. The standard InChI is InChI=1S/C21H39N5OS.HI/c1-16(2)26(17(3)4)10-9-23-21(22-6)24-15-19(20-8-7-18(5)28-20)25-11-13-27-14-12-25;/h7-8,16-17,19H,9-15H2,1-6H3,(H2,22,23,24);1H. The fourth-order valence-corrected chi connectivity index (χ4v) is 4.77. The lowest BCUT2D eigenvalue weighted by Crippen LogP contribution is -2.48. The summed E-state index contributed by atoms with van der Waals surface area (Å²) in [5.41, 5.74) is 0. The number of guanidine groups is 1. The van der Waals surface area contributed by atoms with Crippen LogP contribution in [0.1, 0.15) is 43.5 Å². The molecule has 168 valence electrons. The van der Waals surface area contributed by atoms with Crippen LogP contribution in [0.15, 0.2) is 17.1 Å². The van der Waals surface area contributed by atoms with Crippen molar-refractivity contribution in [3.63, 3.8) is 0 Å². The minimum atomic E-state index is 0. The quantitative estimate of drug-likeness (QED) is 0.288. The summed E-state index contributed by atoms with van der Waals surface area (Å²) in [5, 5.41) is 7.03. The van der Waals surface area contributed by atoms with Crippen molar-refractivity contribution in [2.24, 2.45) is 4.99 Å². The monoisotopic (exact) mass is 537 g/mol. The molecule has 1 aliphatic heterocycles. The van der Waals surface area contributed by atoms with Gasteiger partial charge in [0.05, 0.1) is 19.3 Å². The summed E-state index contributed by atoms with van der Waals surface area (Å²) in [6.45, 7) is 17.5. The fraction of sp³-hybridized carbons (Fsp3) is 0.762. The molecule has 2 heterocycles. The molecule has 0 radical (unpaired) electrons. The number of thiophene rings is 1. The zero-order chi connectivity index (χ0) is 20.5. The lowest BCUT2D eigenvalue weighted by atomic mass is 10.2. The van der Waals surface area contributed by atoms with E-state index in [0.717, 1.165) is 51.9 Å². The number of aryl methyl sites for hydroxylation is 1. The minimum absolute atomic E-state index is 0. The number of hydrogen-bond acceptors (Lipinski definition) is 5. The topological polar surface area (TPSA) is 52.1 Å². The Morgan fingerprint density at radius 1 is 1.17 bits per heavy atom. The first-order chi connectivity index (χ1) is 13.4. The zero-order valence-electron chi connectivity index (χ0n) is 18.9. The molecule has 0 saturated carbocycles. The molecule has 2 N–H and O–H groups in total. The van der Waals surface area contributed by atoms with Crippen LogP contribution in [-0.4, -0.2) is 80.8 Å². The van der Waals surface area contributed by atoms with Crippen LogP contribution < -0.4 is 10.6 Å². The molecule has 0 spiro atoms. The Morgan fingerprint density at radius 3 is 2.34 bits per heavy atom. The second-order valence-electron chi connectivity index (χ2n) is 7.92. The molecule has 1 fully saturated rings. The molecule has 0 bridgehead atoms. The average Bonchev–Trinajstić information content (AvgIpc) is 3.09. The molecule has 1 aliphatic rings. The van der Waals surface area contributed by atoms with Gasteiger partial charge in [0.25, 0.3) is 0 Å². The van der Waals surface area contributed by atoms with E-state index in [1.807, 2.05) is 18.4 Å². The highest BCUT2D eigenvalue weighted by atomic mass is 127. The van der Waals surface area contributed by atoms with Crippen LogP contribution >= 0.6 is 35.3 Å². The van der Waals surface area contributed by atoms with Gasteiger partial charge in [-0.05, 0) is 46.8 Å². The van der Waals surface area contributed by atoms with Crippen molar-refractivity contribution in [2.75, 3.05) is 53.0 Å². The molecule has 1 unspecified atom stereocenters. The van der Waals surface area contributed by atoms with E-state index in [4.69, 9.17) is 4.74 Å². The first-order valence-corrected chi connectivity index (χ1v) is 11.3. The van der Waals surface area contributed by atoms with Gasteiger partial charge in [0.2, 0.25) is 0 Å². The van der Waals surface area contributed by atoms with Crippen molar-refractivity contribution < 1.29 is 4.74 Å². The summed E-state index contributed by atoms with van der Waals surface area (Å²) in [7, 11) is 1.84. The maximum absolute atomic E-state index is 5.55. The highest BCUT2D eigenvalue weighted by molar-refractivity contribution is 14.0. The molecule has 0 aliphatic carbocycles. The van der Waals surface area contributed by atoms with Crippen LogP contribution in [0.2, 0.25) is 0 Å². The van der Waals surface area contributed by atoms with Gasteiger partial charge in [-0.3, -0.25) is 14.8 Å². The van der Waals surface area contributed by atoms with Crippen molar-refractivity contribution in [3.8, 4) is 0 Å². The maximum atomic E-state index is 5.55. The van der Waals surface area contributed by atoms with E-state index < -0.39 is 0 Å². The first kappa shape index (κ1) is 26.6. The molecule has 0 amide bonds. The second kappa shape index (κ2) is 13.8. The van der Waals surface area contributed by atoms with Gasteiger partial charge in [-0.1, -0.05) is 0 Å². The van der Waals surface area contributed by atoms with E-state index in [-0.39, 0.29) is 24.0 Å². The van der Waals surface area contributed by atoms with Gasteiger partial charge in [0, 0.05) is 61.6 Å². The Morgan fingerprint density at radius 2 is 1.83 bits per heavy atom. The van der Waals surface area contributed by atoms with E-state index in [9.17, 15) is 0 Å². The molecule has 1 atom stereocenters. The highest BCUT2D eigenvalue weighted by Gasteiger charge is 2.24. The van der Waals surface area contributed by atoms with E-state index in [1.165, 1.54) is 9.75 Å².